The topological polar surface area (TPSA) is 32.3 Å². The van der Waals surface area contributed by atoms with Crippen LogP contribution in [-0.4, -0.2) is 18.3 Å². The van der Waals surface area contributed by atoms with Gasteiger partial charge >= 0.3 is 0 Å². The molecule has 0 aromatic carbocycles. The summed E-state index contributed by atoms with van der Waals surface area (Å²) in [6.45, 7) is 7.63. The Bertz CT molecular complexity index is 283. The molecular formula is C12H21NOS. The molecule has 0 saturated carbocycles. The van der Waals surface area contributed by atoms with Crippen LogP contribution in [0.1, 0.15) is 36.6 Å². The van der Waals surface area contributed by atoms with Gasteiger partial charge in [-0.3, -0.25) is 0 Å². The maximum atomic E-state index is 9.32. The second-order valence-electron chi connectivity index (χ2n) is 4.19. The molecule has 0 radical (unpaired) electrons. The van der Waals surface area contributed by atoms with E-state index in [1.54, 1.807) is 11.3 Å². The maximum absolute atomic E-state index is 9.32. The zero-order valence-corrected chi connectivity index (χ0v) is 10.6. The first kappa shape index (κ1) is 12.7. The zero-order chi connectivity index (χ0) is 11.3. The summed E-state index contributed by atoms with van der Waals surface area (Å²) in [5.74, 6) is 0.615. The lowest BCUT2D eigenvalue weighted by Crippen LogP contribution is -2.27. The van der Waals surface area contributed by atoms with Crippen LogP contribution >= 0.6 is 11.3 Å². The van der Waals surface area contributed by atoms with Crippen LogP contribution in [0.25, 0.3) is 0 Å². The minimum absolute atomic E-state index is 0.109. The van der Waals surface area contributed by atoms with Crippen molar-refractivity contribution in [1.82, 2.24) is 5.32 Å². The number of thiophene rings is 1. The van der Waals surface area contributed by atoms with Crippen molar-refractivity contribution in [3.63, 3.8) is 0 Å². The Hall–Kier alpha value is -0.380. The molecule has 1 unspecified atom stereocenters. The van der Waals surface area contributed by atoms with Gasteiger partial charge in [-0.2, -0.15) is 0 Å². The predicted molar refractivity (Wildman–Crippen MR) is 66.4 cm³/mol. The summed E-state index contributed by atoms with van der Waals surface area (Å²) in [6, 6.07) is 4.38. The highest BCUT2D eigenvalue weighted by atomic mass is 32.1. The number of hydrogen-bond acceptors (Lipinski definition) is 3. The largest absolute Gasteiger partial charge is 0.394 e. The van der Waals surface area contributed by atoms with Gasteiger partial charge in [0.05, 0.1) is 12.6 Å². The Kier molecular flexibility index (Phi) is 5.29. The van der Waals surface area contributed by atoms with Crippen LogP contribution in [0, 0.1) is 5.92 Å². The Labute approximate surface area is 96.3 Å². The molecule has 2 nitrogen and oxygen atoms in total. The van der Waals surface area contributed by atoms with E-state index in [-0.39, 0.29) is 12.6 Å². The summed E-state index contributed by atoms with van der Waals surface area (Å²) in [7, 11) is 0. The van der Waals surface area contributed by atoms with Gasteiger partial charge < -0.3 is 10.4 Å². The summed E-state index contributed by atoms with van der Waals surface area (Å²) in [6.07, 6.45) is 1.08. The summed E-state index contributed by atoms with van der Waals surface area (Å²) < 4.78 is 0. The average molecular weight is 227 g/mol. The second kappa shape index (κ2) is 6.26. The van der Waals surface area contributed by atoms with Crippen LogP contribution in [0.4, 0.5) is 0 Å². The van der Waals surface area contributed by atoms with Gasteiger partial charge in [0.2, 0.25) is 0 Å². The van der Waals surface area contributed by atoms with Crippen molar-refractivity contribution in [2.45, 2.75) is 33.2 Å². The Morgan fingerprint density at radius 3 is 2.60 bits per heavy atom. The lowest BCUT2D eigenvalue weighted by molar-refractivity contribution is 0.243. The molecule has 0 amide bonds. The highest BCUT2D eigenvalue weighted by Crippen LogP contribution is 2.23. The van der Waals surface area contributed by atoms with Crippen LogP contribution in [0.15, 0.2) is 12.1 Å². The quantitative estimate of drug-likeness (QED) is 0.783. The first-order valence-corrected chi connectivity index (χ1v) is 6.41. The van der Waals surface area contributed by atoms with Crippen LogP contribution in [-0.2, 0) is 6.42 Å². The Balaban J connectivity index is 2.57. The standard InChI is InChI=1S/C12H21NOS/c1-4-10-5-6-12(15-10)11(8-14)13-7-9(2)3/h5-6,9,11,13-14H,4,7-8H2,1-3H3. The SMILES string of the molecule is CCc1ccc(C(CO)NCC(C)C)s1. The van der Waals surface area contributed by atoms with Crippen molar-refractivity contribution in [3.8, 4) is 0 Å². The fraction of sp³-hybridized carbons (Fsp3) is 0.667. The van der Waals surface area contributed by atoms with E-state index in [9.17, 15) is 5.11 Å². The van der Waals surface area contributed by atoms with Crippen LogP contribution < -0.4 is 5.32 Å². The molecule has 86 valence electrons. The third-order valence-electron chi connectivity index (χ3n) is 2.33. The van der Waals surface area contributed by atoms with Crippen molar-refractivity contribution in [3.05, 3.63) is 21.9 Å². The number of aliphatic hydroxyl groups excluding tert-OH is 1. The number of hydrogen-bond donors (Lipinski definition) is 2. The van der Waals surface area contributed by atoms with Gasteiger partial charge in [-0.05, 0) is 31.0 Å². The Morgan fingerprint density at radius 2 is 2.13 bits per heavy atom. The molecule has 1 rings (SSSR count). The molecule has 2 N–H and O–H groups in total. The lowest BCUT2D eigenvalue weighted by Gasteiger charge is -2.16. The summed E-state index contributed by atoms with van der Waals surface area (Å²) >= 11 is 1.79. The van der Waals surface area contributed by atoms with E-state index >= 15 is 0 Å². The molecule has 1 heterocycles. The summed E-state index contributed by atoms with van der Waals surface area (Å²) in [4.78, 5) is 2.63. The van der Waals surface area contributed by atoms with E-state index in [2.05, 4.69) is 38.2 Å². The molecule has 1 aromatic rings. The maximum Gasteiger partial charge on any atom is 0.0649 e. The molecule has 0 fully saturated rings. The van der Waals surface area contributed by atoms with E-state index in [1.807, 2.05) is 0 Å². The molecule has 0 bridgehead atoms. The average Bonchev–Trinajstić information content (AvgIpc) is 2.67. The van der Waals surface area contributed by atoms with Crippen molar-refractivity contribution >= 4 is 11.3 Å². The molecule has 3 heteroatoms. The highest BCUT2D eigenvalue weighted by Gasteiger charge is 2.12. The first-order valence-electron chi connectivity index (χ1n) is 5.60. The monoisotopic (exact) mass is 227 g/mol. The van der Waals surface area contributed by atoms with Gasteiger partial charge in [0.25, 0.3) is 0 Å². The molecule has 0 spiro atoms. The van der Waals surface area contributed by atoms with E-state index in [1.165, 1.54) is 9.75 Å². The minimum Gasteiger partial charge on any atom is -0.394 e. The van der Waals surface area contributed by atoms with Crippen LogP contribution in [0.5, 0.6) is 0 Å². The van der Waals surface area contributed by atoms with E-state index < -0.39 is 0 Å². The molecule has 0 aliphatic heterocycles. The second-order valence-corrected chi connectivity index (χ2v) is 5.39. The van der Waals surface area contributed by atoms with Gasteiger partial charge in [0.1, 0.15) is 0 Å². The molecule has 0 saturated heterocycles. The number of rotatable bonds is 6. The summed E-state index contributed by atoms with van der Waals surface area (Å²) in [5, 5.41) is 12.7. The smallest absolute Gasteiger partial charge is 0.0649 e. The normalized spacial score (nSPS) is 13.4. The lowest BCUT2D eigenvalue weighted by atomic mass is 10.2. The summed E-state index contributed by atoms with van der Waals surface area (Å²) in [5.41, 5.74) is 0. The van der Waals surface area contributed by atoms with Gasteiger partial charge in [-0.15, -0.1) is 11.3 Å². The number of aryl methyl sites for hydroxylation is 1. The number of aliphatic hydroxyl groups is 1. The van der Waals surface area contributed by atoms with Gasteiger partial charge in [-0.1, -0.05) is 20.8 Å². The van der Waals surface area contributed by atoms with Gasteiger partial charge in [-0.25, -0.2) is 0 Å². The van der Waals surface area contributed by atoms with Crippen molar-refractivity contribution in [1.29, 1.82) is 0 Å². The fourth-order valence-electron chi connectivity index (χ4n) is 1.40. The predicted octanol–water partition coefficient (Wildman–Crippen LogP) is 2.59. The minimum atomic E-state index is 0.109. The third kappa shape index (κ3) is 3.93. The number of nitrogens with one attached hydrogen (secondary N) is 1. The van der Waals surface area contributed by atoms with E-state index in [0.29, 0.717) is 5.92 Å². The van der Waals surface area contributed by atoms with Crippen molar-refractivity contribution < 1.29 is 5.11 Å². The third-order valence-corrected chi connectivity index (χ3v) is 3.67. The first-order chi connectivity index (χ1) is 7.17. The molecule has 0 aliphatic rings. The molecular weight excluding hydrogens is 206 g/mol. The molecule has 0 aliphatic carbocycles. The van der Waals surface area contributed by atoms with Crippen LogP contribution in [0.2, 0.25) is 0 Å². The highest BCUT2D eigenvalue weighted by molar-refractivity contribution is 7.12. The Morgan fingerprint density at radius 1 is 1.40 bits per heavy atom. The van der Waals surface area contributed by atoms with Crippen molar-refractivity contribution in [2.24, 2.45) is 5.92 Å². The van der Waals surface area contributed by atoms with Crippen LogP contribution in [0.3, 0.4) is 0 Å². The fourth-order valence-corrected chi connectivity index (χ4v) is 2.42. The van der Waals surface area contributed by atoms with E-state index in [4.69, 9.17) is 0 Å². The van der Waals surface area contributed by atoms with E-state index in [0.717, 1.165) is 13.0 Å². The molecule has 1 atom stereocenters. The van der Waals surface area contributed by atoms with Gasteiger partial charge in [0, 0.05) is 9.75 Å². The van der Waals surface area contributed by atoms with Crippen molar-refractivity contribution in [2.75, 3.05) is 13.2 Å². The molecule has 1 aromatic heterocycles. The molecule has 15 heavy (non-hydrogen) atoms. The zero-order valence-electron chi connectivity index (χ0n) is 9.79. The van der Waals surface area contributed by atoms with Gasteiger partial charge in [0.15, 0.2) is 0 Å².